The Hall–Kier alpha value is -1.20. The Morgan fingerprint density at radius 2 is 0.889 bits per heavy atom. The van der Waals surface area contributed by atoms with Gasteiger partial charge in [-0.2, -0.15) is 0 Å². The van der Waals surface area contributed by atoms with Gasteiger partial charge >= 0.3 is 0 Å². The Morgan fingerprint density at radius 1 is 0.500 bits per heavy atom. The van der Waals surface area contributed by atoms with Crippen LogP contribution in [0.3, 0.4) is 0 Å². The first kappa shape index (κ1) is 47.2. The third-order valence-electron chi connectivity index (χ3n) is 13.2. The number of fused-ring (bicyclic) bond motifs is 1. The van der Waals surface area contributed by atoms with Crippen molar-refractivity contribution in [3.8, 4) is 0 Å². The topological polar surface area (TPSA) is 47.7 Å². The zero-order chi connectivity index (χ0) is 38.6. The maximum absolute atomic E-state index is 6.87. The zero-order valence-corrected chi connectivity index (χ0v) is 36.4. The molecule has 4 nitrogen and oxygen atoms in total. The molecule has 0 aromatic heterocycles. The molecule has 54 heavy (non-hydrogen) atoms. The number of ether oxygens (including phenoxy) is 2. The zero-order valence-electron chi connectivity index (χ0n) is 36.4. The summed E-state index contributed by atoms with van der Waals surface area (Å²) in [5.41, 5.74) is 7.10. The summed E-state index contributed by atoms with van der Waals surface area (Å²) in [4.78, 5) is 2.29. The Bertz CT molecular complexity index is 972. The molecule has 1 aliphatic heterocycles. The van der Waals surface area contributed by atoms with Crippen LogP contribution in [0.1, 0.15) is 219 Å². The van der Waals surface area contributed by atoms with Crippen LogP contribution < -0.4 is 5.73 Å². The van der Waals surface area contributed by atoms with E-state index in [1.54, 1.807) is 0 Å². The van der Waals surface area contributed by atoms with E-state index in [1.165, 1.54) is 167 Å². The highest BCUT2D eigenvalue weighted by molar-refractivity contribution is 5.01. The van der Waals surface area contributed by atoms with Crippen molar-refractivity contribution in [2.24, 2.45) is 11.1 Å². The monoisotopic (exact) mass is 751 g/mol. The first-order chi connectivity index (χ1) is 26.4. The van der Waals surface area contributed by atoms with Gasteiger partial charge in [0.25, 0.3) is 0 Å². The Balaban J connectivity index is 1.33. The van der Waals surface area contributed by atoms with Crippen molar-refractivity contribution < 1.29 is 9.47 Å². The highest BCUT2D eigenvalue weighted by Gasteiger charge is 2.54. The molecule has 2 aliphatic carbocycles. The summed E-state index contributed by atoms with van der Waals surface area (Å²) in [5.74, 6) is -0.349. The number of hydrogen-bond acceptors (Lipinski definition) is 4. The summed E-state index contributed by atoms with van der Waals surface area (Å²) in [6.07, 6.45) is 60.7. The lowest BCUT2D eigenvalue weighted by molar-refractivity contribution is -0.208. The van der Waals surface area contributed by atoms with E-state index in [-0.39, 0.29) is 24.0 Å². The average molecular weight is 751 g/mol. The molecule has 3 aliphatic rings. The third kappa shape index (κ3) is 19.3. The minimum absolute atomic E-state index is 0.176. The molecule has 0 aromatic carbocycles. The Kier molecular flexibility index (Phi) is 25.4. The van der Waals surface area contributed by atoms with Gasteiger partial charge in [-0.15, -0.1) is 0 Å². The van der Waals surface area contributed by atoms with E-state index in [9.17, 15) is 0 Å². The van der Waals surface area contributed by atoms with Crippen LogP contribution in [0.5, 0.6) is 0 Å². The Morgan fingerprint density at radius 3 is 1.31 bits per heavy atom. The molecule has 0 bridgehead atoms. The fraction of sp³-hybridized carbons (Fsp3) is 0.840. The van der Waals surface area contributed by atoms with E-state index in [1.807, 2.05) is 0 Å². The highest BCUT2D eigenvalue weighted by atomic mass is 16.8. The molecule has 0 aromatic rings. The smallest absolute Gasteiger partial charge is 0.169 e. The van der Waals surface area contributed by atoms with Gasteiger partial charge in [-0.1, -0.05) is 152 Å². The minimum atomic E-state index is -0.349. The van der Waals surface area contributed by atoms with Gasteiger partial charge in [0.1, 0.15) is 0 Å². The normalized spacial score (nSPS) is 24.0. The molecular weight excluding hydrogens is 661 g/mol. The molecule has 1 heterocycles. The van der Waals surface area contributed by atoms with Gasteiger partial charge in [0, 0.05) is 24.9 Å². The lowest BCUT2D eigenvalue weighted by Gasteiger charge is -2.44. The van der Waals surface area contributed by atoms with Crippen molar-refractivity contribution in [2.45, 2.75) is 249 Å². The molecule has 0 amide bonds. The minimum Gasteiger partial charge on any atom is -0.344 e. The van der Waals surface area contributed by atoms with Gasteiger partial charge in [0.15, 0.2) is 5.79 Å². The van der Waals surface area contributed by atoms with Gasteiger partial charge < -0.3 is 20.1 Å². The third-order valence-corrected chi connectivity index (χ3v) is 13.2. The SMILES string of the molecule is CCCCC/C=C\C/C=C\CCCCCCCCC1(CCCCCCCC/C=C\C/C=C\CCCCC)CCC2(CC1)O[C@H]1C[C@@H](N(C)C)[C@@H](N)C[C@@H]1O2. The molecule has 4 atom stereocenters. The number of rotatable bonds is 31. The molecule has 0 unspecified atom stereocenters. The molecule has 312 valence electrons. The number of nitrogens with zero attached hydrogens (tertiary/aromatic N) is 1. The second-order valence-corrected chi connectivity index (χ2v) is 18.1. The number of hydrogen-bond donors (Lipinski definition) is 1. The first-order valence-electron chi connectivity index (χ1n) is 23.8. The maximum atomic E-state index is 6.87. The number of likely N-dealkylation sites (N-methyl/N-ethyl adjacent to an activating group) is 1. The summed E-state index contributed by atoms with van der Waals surface area (Å²) in [6, 6.07) is 0.565. The van der Waals surface area contributed by atoms with Crippen molar-refractivity contribution in [2.75, 3.05) is 14.1 Å². The van der Waals surface area contributed by atoms with Crippen molar-refractivity contribution in [1.29, 1.82) is 0 Å². The molecule has 0 radical (unpaired) electrons. The van der Waals surface area contributed by atoms with Crippen molar-refractivity contribution in [3.63, 3.8) is 0 Å². The summed E-state index contributed by atoms with van der Waals surface area (Å²) < 4.78 is 13.7. The summed E-state index contributed by atoms with van der Waals surface area (Å²) in [6.45, 7) is 4.55. The molecule has 1 spiro atoms. The molecule has 2 N–H and O–H groups in total. The van der Waals surface area contributed by atoms with E-state index < -0.39 is 0 Å². The molecule has 3 rings (SSSR count). The van der Waals surface area contributed by atoms with Crippen LogP contribution in [-0.4, -0.2) is 49.1 Å². The lowest BCUT2D eigenvalue weighted by atomic mass is 9.66. The van der Waals surface area contributed by atoms with E-state index in [2.05, 4.69) is 81.5 Å². The highest BCUT2D eigenvalue weighted by Crippen LogP contribution is 2.53. The van der Waals surface area contributed by atoms with Crippen LogP contribution in [0.15, 0.2) is 48.6 Å². The van der Waals surface area contributed by atoms with Crippen molar-refractivity contribution in [3.05, 3.63) is 48.6 Å². The van der Waals surface area contributed by atoms with Crippen LogP contribution in [0.4, 0.5) is 0 Å². The van der Waals surface area contributed by atoms with Gasteiger partial charge in [-0.3, -0.25) is 0 Å². The molecule has 4 heteroatoms. The maximum Gasteiger partial charge on any atom is 0.169 e. The number of allylic oxidation sites excluding steroid dienone is 8. The molecular formula is C50H90N2O2. The predicted molar refractivity (Wildman–Crippen MR) is 236 cm³/mol. The van der Waals surface area contributed by atoms with Crippen LogP contribution in [0.25, 0.3) is 0 Å². The summed E-state index contributed by atoms with van der Waals surface area (Å²) in [7, 11) is 4.32. The van der Waals surface area contributed by atoms with E-state index in [0.29, 0.717) is 11.5 Å². The first-order valence-corrected chi connectivity index (χ1v) is 23.8. The molecule has 3 fully saturated rings. The van der Waals surface area contributed by atoms with E-state index in [4.69, 9.17) is 15.2 Å². The largest absolute Gasteiger partial charge is 0.344 e. The van der Waals surface area contributed by atoms with Crippen molar-refractivity contribution >= 4 is 0 Å². The van der Waals surface area contributed by atoms with Crippen LogP contribution in [0, 0.1) is 5.41 Å². The fourth-order valence-corrected chi connectivity index (χ4v) is 9.56. The number of unbranched alkanes of at least 4 members (excludes halogenated alkanes) is 18. The van der Waals surface area contributed by atoms with E-state index >= 15 is 0 Å². The predicted octanol–water partition coefficient (Wildman–Crippen LogP) is 14.5. The molecule has 2 saturated carbocycles. The quantitative estimate of drug-likeness (QED) is 0.0566. The lowest BCUT2D eigenvalue weighted by Crippen LogP contribution is -2.53. The average Bonchev–Trinajstić information content (AvgIpc) is 3.51. The van der Waals surface area contributed by atoms with Crippen LogP contribution >= 0.6 is 0 Å². The Labute approximate surface area is 336 Å². The van der Waals surface area contributed by atoms with Crippen LogP contribution in [0.2, 0.25) is 0 Å². The van der Waals surface area contributed by atoms with Gasteiger partial charge in [0.2, 0.25) is 0 Å². The standard InChI is InChI=1S/C50H90N2O2/c1-5-7-9-11-13-15-17-19-21-23-25-27-29-31-33-35-37-49(38-36-34-32-30-28-26-24-22-20-18-16-14-12-10-8-6-2)39-41-50(42-40-49)53-47-43-45(51)46(52(3)4)44-48(47)54-50/h13-16,19-22,45-48H,5-12,17-18,23-44,51H2,1-4H3/b15-13-,16-14-,21-19-,22-20-/t45-,46+,47-,48-/m0/s1. The fourth-order valence-electron chi connectivity index (χ4n) is 9.56. The van der Waals surface area contributed by atoms with Crippen LogP contribution in [-0.2, 0) is 9.47 Å². The van der Waals surface area contributed by atoms with E-state index in [0.717, 1.165) is 38.5 Å². The number of nitrogens with two attached hydrogens (primary N) is 1. The second kappa shape index (κ2) is 29.1. The van der Waals surface area contributed by atoms with Gasteiger partial charge in [-0.25, -0.2) is 0 Å². The second-order valence-electron chi connectivity index (χ2n) is 18.1. The summed E-state index contributed by atoms with van der Waals surface area (Å²) in [5, 5.41) is 0. The van der Waals surface area contributed by atoms with Gasteiger partial charge in [-0.05, 0) is 122 Å². The van der Waals surface area contributed by atoms with Crippen molar-refractivity contribution in [1.82, 2.24) is 4.90 Å². The molecule has 1 saturated heterocycles. The van der Waals surface area contributed by atoms with Gasteiger partial charge in [0.05, 0.1) is 12.2 Å². The summed E-state index contributed by atoms with van der Waals surface area (Å²) >= 11 is 0.